The first-order valence-corrected chi connectivity index (χ1v) is 5.07. The second kappa shape index (κ2) is 5.07. The van der Waals surface area contributed by atoms with Gasteiger partial charge in [-0.2, -0.15) is 0 Å². The van der Waals surface area contributed by atoms with Crippen molar-refractivity contribution < 1.29 is 4.42 Å². The minimum Gasteiger partial charge on any atom is -0.467 e. The fourth-order valence-electron chi connectivity index (χ4n) is 1.60. The maximum Gasteiger partial charge on any atom is 0.123 e. The summed E-state index contributed by atoms with van der Waals surface area (Å²) in [6.45, 7) is 7.41. The highest BCUT2D eigenvalue weighted by molar-refractivity contribution is 5.18. The van der Waals surface area contributed by atoms with Gasteiger partial charge in [0.15, 0.2) is 0 Å². The van der Waals surface area contributed by atoms with Crippen molar-refractivity contribution in [2.45, 2.75) is 39.7 Å². The van der Waals surface area contributed by atoms with Gasteiger partial charge in [-0.3, -0.25) is 0 Å². The van der Waals surface area contributed by atoms with Crippen LogP contribution in [0.25, 0.3) is 0 Å². The molecule has 0 radical (unpaired) electrons. The molecule has 0 fully saturated rings. The van der Waals surface area contributed by atoms with E-state index in [1.807, 2.05) is 6.07 Å². The van der Waals surface area contributed by atoms with Crippen LogP contribution in [0.3, 0.4) is 0 Å². The van der Waals surface area contributed by atoms with Gasteiger partial charge in [-0.25, -0.2) is 0 Å². The van der Waals surface area contributed by atoms with Crippen LogP contribution in [0.5, 0.6) is 0 Å². The normalized spacial score (nSPS) is 13.2. The Morgan fingerprint density at radius 1 is 1.46 bits per heavy atom. The van der Waals surface area contributed by atoms with E-state index in [1.54, 1.807) is 6.26 Å². The molecule has 0 aromatic carbocycles. The summed E-state index contributed by atoms with van der Waals surface area (Å²) in [5, 5.41) is 3.43. The second-order valence-corrected chi connectivity index (χ2v) is 3.37. The first kappa shape index (κ1) is 10.3. The molecule has 1 aromatic rings. The number of rotatable bonds is 5. The maximum absolute atomic E-state index is 5.47. The molecule has 0 saturated carbocycles. The highest BCUT2D eigenvalue weighted by Gasteiger charge is 2.14. The summed E-state index contributed by atoms with van der Waals surface area (Å²) in [6.07, 6.45) is 4.09. The molecule has 0 aliphatic rings. The van der Waals surface area contributed by atoms with Crippen molar-refractivity contribution in [2.24, 2.45) is 0 Å². The minimum absolute atomic E-state index is 0.394. The van der Waals surface area contributed by atoms with Crippen LogP contribution in [0.4, 0.5) is 0 Å². The molecule has 0 spiro atoms. The van der Waals surface area contributed by atoms with Gasteiger partial charge >= 0.3 is 0 Å². The van der Waals surface area contributed by atoms with Gasteiger partial charge in [-0.1, -0.05) is 20.3 Å². The van der Waals surface area contributed by atoms with E-state index < -0.39 is 0 Å². The summed E-state index contributed by atoms with van der Waals surface area (Å²) in [7, 11) is 0. The monoisotopic (exact) mass is 181 g/mol. The topological polar surface area (TPSA) is 25.2 Å². The Balaban J connectivity index is 2.69. The minimum atomic E-state index is 0.394. The molecule has 1 heterocycles. The van der Waals surface area contributed by atoms with Crippen molar-refractivity contribution in [3.05, 3.63) is 23.7 Å². The molecule has 74 valence electrons. The van der Waals surface area contributed by atoms with E-state index in [4.69, 9.17) is 4.42 Å². The Morgan fingerprint density at radius 3 is 2.69 bits per heavy atom. The van der Waals surface area contributed by atoms with Crippen LogP contribution >= 0.6 is 0 Å². The summed E-state index contributed by atoms with van der Waals surface area (Å²) in [4.78, 5) is 0. The van der Waals surface area contributed by atoms with Crippen LogP contribution in [-0.4, -0.2) is 6.54 Å². The van der Waals surface area contributed by atoms with E-state index in [0.29, 0.717) is 6.04 Å². The van der Waals surface area contributed by atoms with E-state index in [-0.39, 0.29) is 0 Å². The molecule has 2 nitrogen and oxygen atoms in total. The highest BCUT2D eigenvalue weighted by atomic mass is 16.3. The molecule has 1 unspecified atom stereocenters. The lowest BCUT2D eigenvalue weighted by molar-refractivity contribution is 0.396. The number of hydrogen-bond acceptors (Lipinski definition) is 2. The molecule has 2 heteroatoms. The van der Waals surface area contributed by atoms with Crippen LogP contribution in [0, 0.1) is 6.92 Å². The summed E-state index contributed by atoms with van der Waals surface area (Å²) in [5.41, 5.74) is 1.25. The average molecular weight is 181 g/mol. The van der Waals surface area contributed by atoms with Crippen LogP contribution in [0.1, 0.15) is 44.1 Å². The van der Waals surface area contributed by atoms with E-state index in [2.05, 4.69) is 26.1 Å². The van der Waals surface area contributed by atoms with Crippen molar-refractivity contribution >= 4 is 0 Å². The Kier molecular flexibility index (Phi) is 4.03. The predicted molar refractivity (Wildman–Crippen MR) is 54.8 cm³/mol. The lowest BCUT2D eigenvalue weighted by Gasteiger charge is -2.15. The van der Waals surface area contributed by atoms with Gasteiger partial charge in [0, 0.05) is 0 Å². The molecule has 0 amide bonds. The standard InChI is InChI=1S/C11H19NO/c1-4-6-10(12-5-2)11-9(3)7-8-13-11/h7-8,10,12H,4-6H2,1-3H3. The van der Waals surface area contributed by atoms with Crippen LogP contribution < -0.4 is 5.32 Å². The first-order chi connectivity index (χ1) is 6.29. The van der Waals surface area contributed by atoms with Gasteiger partial charge in [0.05, 0.1) is 12.3 Å². The van der Waals surface area contributed by atoms with Crippen molar-refractivity contribution in [3.8, 4) is 0 Å². The summed E-state index contributed by atoms with van der Waals surface area (Å²) >= 11 is 0. The number of hydrogen-bond donors (Lipinski definition) is 1. The van der Waals surface area contributed by atoms with Crippen LogP contribution in [0.2, 0.25) is 0 Å². The zero-order valence-corrected chi connectivity index (χ0v) is 8.76. The summed E-state index contributed by atoms with van der Waals surface area (Å²) in [5.74, 6) is 1.10. The molecule has 1 atom stereocenters. The van der Waals surface area contributed by atoms with Crippen molar-refractivity contribution in [2.75, 3.05) is 6.54 Å². The molecule has 1 rings (SSSR count). The third kappa shape index (κ3) is 2.59. The average Bonchev–Trinajstić information content (AvgIpc) is 2.51. The molecule has 0 aliphatic heterocycles. The lowest BCUT2D eigenvalue weighted by Crippen LogP contribution is -2.20. The second-order valence-electron chi connectivity index (χ2n) is 3.37. The SMILES string of the molecule is CCCC(NCC)c1occc1C. The van der Waals surface area contributed by atoms with Gasteiger partial charge in [0.1, 0.15) is 5.76 Å². The Morgan fingerprint density at radius 2 is 2.23 bits per heavy atom. The molecule has 1 aromatic heterocycles. The van der Waals surface area contributed by atoms with Crippen LogP contribution in [0.15, 0.2) is 16.7 Å². The quantitative estimate of drug-likeness (QED) is 0.755. The van der Waals surface area contributed by atoms with Gasteiger partial charge < -0.3 is 9.73 Å². The maximum atomic E-state index is 5.47. The highest BCUT2D eigenvalue weighted by Crippen LogP contribution is 2.22. The number of nitrogens with one attached hydrogen (secondary N) is 1. The summed E-state index contributed by atoms with van der Waals surface area (Å²) in [6, 6.07) is 2.42. The van der Waals surface area contributed by atoms with E-state index >= 15 is 0 Å². The number of aryl methyl sites for hydroxylation is 1. The smallest absolute Gasteiger partial charge is 0.123 e. The Labute approximate surface area is 80.3 Å². The van der Waals surface area contributed by atoms with Gasteiger partial charge in [0.2, 0.25) is 0 Å². The van der Waals surface area contributed by atoms with E-state index in [9.17, 15) is 0 Å². The van der Waals surface area contributed by atoms with Gasteiger partial charge in [0.25, 0.3) is 0 Å². The fourth-order valence-corrected chi connectivity index (χ4v) is 1.60. The van der Waals surface area contributed by atoms with Crippen molar-refractivity contribution in [1.29, 1.82) is 0 Å². The zero-order chi connectivity index (χ0) is 9.68. The third-order valence-electron chi connectivity index (χ3n) is 2.25. The van der Waals surface area contributed by atoms with Gasteiger partial charge in [-0.15, -0.1) is 0 Å². The zero-order valence-electron chi connectivity index (χ0n) is 8.76. The Hall–Kier alpha value is -0.760. The van der Waals surface area contributed by atoms with E-state index in [0.717, 1.165) is 18.7 Å². The van der Waals surface area contributed by atoms with Gasteiger partial charge in [-0.05, 0) is 31.5 Å². The molecule has 1 N–H and O–H groups in total. The molecule has 0 bridgehead atoms. The lowest BCUT2D eigenvalue weighted by atomic mass is 10.1. The molecular formula is C11H19NO. The first-order valence-electron chi connectivity index (χ1n) is 5.07. The predicted octanol–water partition coefficient (Wildman–Crippen LogP) is 3.04. The Bertz CT molecular complexity index is 236. The third-order valence-corrected chi connectivity index (χ3v) is 2.25. The molecule has 0 saturated heterocycles. The summed E-state index contributed by atoms with van der Waals surface area (Å²) < 4.78 is 5.47. The number of furan rings is 1. The molecule has 0 aliphatic carbocycles. The molecular weight excluding hydrogens is 162 g/mol. The van der Waals surface area contributed by atoms with E-state index in [1.165, 1.54) is 12.0 Å². The molecule has 13 heavy (non-hydrogen) atoms. The fraction of sp³-hybridized carbons (Fsp3) is 0.636. The van der Waals surface area contributed by atoms with Crippen molar-refractivity contribution in [1.82, 2.24) is 5.32 Å². The van der Waals surface area contributed by atoms with Crippen molar-refractivity contribution in [3.63, 3.8) is 0 Å². The van der Waals surface area contributed by atoms with Crippen LogP contribution in [-0.2, 0) is 0 Å². The largest absolute Gasteiger partial charge is 0.467 e.